The molecule has 14 heavy (non-hydrogen) atoms. The summed E-state index contributed by atoms with van der Waals surface area (Å²) in [5, 5.41) is 7.96. The smallest absolute Gasteiger partial charge is 0.271 e. The zero-order valence-corrected chi connectivity index (χ0v) is 8.81. The van der Waals surface area contributed by atoms with Gasteiger partial charge < -0.3 is 5.11 Å². The number of hydrogen-bond acceptors (Lipinski definition) is 3. The van der Waals surface area contributed by atoms with Gasteiger partial charge in [0.15, 0.2) is 0 Å². The lowest BCUT2D eigenvalue weighted by Crippen LogP contribution is -2.02. The fraction of sp³-hybridized carbons (Fsp3) is 0.143. The van der Waals surface area contributed by atoms with Gasteiger partial charge in [0.25, 0.3) is 11.7 Å². The van der Waals surface area contributed by atoms with Crippen LogP contribution in [0.5, 0.6) is 5.75 Å². The number of aromatic nitrogens is 1. The van der Waals surface area contributed by atoms with E-state index in [2.05, 4.69) is 20.9 Å². The predicted octanol–water partition coefficient (Wildman–Crippen LogP) is 2.87. The van der Waals surface area contributed by atoms with Crippen LogP contribution in [0.1, 0.15) is 22.5 Å². The molecule has 0 unspecified atom stereocenters. The Kier molecular flexibility index (Phi) is 3.38. The van der Waals surface area contributed by atoms with E-state index in [1.165, 1.54) is 0 Å². The fourth-order valence-electron chi connectivity index (χ4n) is 0.850. The van der Waals surface area contributed by atoms with E-state index in [0.29, 0.717) is 0 Å². The molecule has 0 aliphatic rings. The van der Waals surface area contributed by atoms with E-state index in [0.717, 1.165) is 6.20 Å². The van der Waals surface area contributed by atoms with Crippen LogP contribution in [0.15, 0.2) is 10.7 Å². The number of carbonyl (C=O) groups excluding carboxylic acids is 1. The number of alkyl halides is 2. The standard InChI is InChI=1S/C7H3BrClF2NO2/c8-4-2(13)1-12-5(6(9)14)3(4)7(10)11/h1,7,13H. The summed E-state index contributed by atoms with van der Waals surface area (Å²) in [5.41, 5.74) is -1.27. The van der Waals surface area contributed by atoms with Crippen LogP contribution in [0.3, 0.4) is 0 Å². The highest BCUT2D eigenvalue weighted by molar-refractivity contribution is 9.10. The van der Waals surface area contributed by atoms with Gasteiger partial charge >= 0.3 is 0 Å². The second-order valence-corrected chi connectivity index (χ2v) is 3.43. The first-order valence-electron chi connectivity index (χ1n) is 3.30. The number of carbonyl (C=O) groups is 1. The Bertz CT molecular complexity index is 386. The molecule has 0 spiro atoms. The summed E-state index contributed by atoms with van der Waals surface area (Å²) in [5.74, 6) is -0.470. The zero-order valence-electron chi connectivity index (χ0n) is 6.47. The molecule has 0 aliphatic heterocycles. The molecule has 76 valence electrons. The van der Waals surface area contributed by atoms with Gasteiger partial charge in [0.05, 0.1) is 16.2 Å². The van der Waals surface area contributed by atoms with E-state index >= 15 is 0 Å². The van der Waals surface area contributed by atoms with E-state index in [9.17, 15) is 13.6 Å². The Morgan fingerprint density at radius 3 is 2.64 bits per heavy atom. The van der Waals surface area contributed by atoms with E-state index in [4.69, 9.17) is 16.7 Å². The minimum atomic E-state index is -2.94. The van der Waals surface area contributed by atoms with E-state index in [1.807, 2.05) is 0 Å². The second kappa shape index (κ2) is 4.18. The molecule has 0 aromatic carbocycles. The Hall–Kier alpha value is -0.750. The molecule has 0 bridgehead atoms. The van der Waals surface area contributed by atoms with Crippen LogP contribution in [0.4, 0.5) is 8.78 Å². The van der Waals surface area contributed by atoms with E-state index in [1.54, 1.807) is 0 Å². The molecule has 0 radical (unpaired) electrons. The van der Waals surface area contributed by atoms with Crippen LogP contribution in [0.25, 0.3) is 0 Å². The maximum absolute atomic E-state index is 12.4. The molecule has 1 aromatic rings. The average molecular weight is 286 g/mol. The molecule has 0 saturated heterocycles. The molecular formula is C7H3BrClF2NO2. The van der Waals surface area contributed by atoms with Gasteiger partial charge in [-0.25, -0.2) is 13.8 Å². The highest BCUT2D eigenvalue weighted by Crippen LogP contribution is 2.35. The molecule has 1 aromatic heterocycles. The normalized spacial score (nSPS) is 10.6. The molecule has 1 N–H and O–H groups in total. The number of halogens is 4. The predicted molar refractivity (Wildman–Crippen MR) is 48.7 cm³/mol. The van der Waals surface area contributed by atoms with Crippen molar-refractivity contribution in [3.05, 3.63) is 21.9 Å². The van der Waals surface area contributed by atoms with E-state index < -0.39 is 28.7 Å². The largest absolute Gasteiger partial charge is 0.505 e. The first kappa shape index (κ1) is 11.3. The van der Waals surface area contributed by atoms with Gasteiger partial charge in [0.1, 0.15) is 11.4 Å². The average Bonchev–Trinajstić information content (AvgIpc) is 2.08. The molecule has 3 nitrogen and oxygen atoms in total. The molecule has 0 atom stereocenters. The van der Waals surface area contributed by atoms with Gasteiger partial charge in [-0.2, -0.15) is 0 Å². The van der Waals surface area contributed by atoms with Crippen molar-refractivity contribution >= 4 is 32.8 Å². The third-order valence-corrected chi connectivity index (χ3v) is 2.45. The highest BCUT2D eigenvalue weighted by atomic mass is 79.9. The van der Waals surface area contributed by atoms with Crippen molar-refractivity contribution in [2.75, 3.05) is 0 Å². The van der Waals surface area contributed by atoms with Gasteiger partial charge in [-0.05, 0) is 27.5 Å². The summed E-state index contributed by atoms with van der Waals surface area (Å²) in [6.07, 6.45) is -2.08. The van der Waals surface area contributed by atoms with Gasteiger partial charge in [0.2, 0.25) is 0 Å². The summed E-state index contributed by atoms with van der Waals surface area (Å²) in [6, 6.07) is 0. The Morgan fingerprint density at radius 1 is 1.64 bits per heavy atom. The topological polar surface area (TPSA) is 50.2 Å². The Labute approximate surface area is 90.8 Å². The van der Waals surface area contributed by atoms with Gasteiger partial charge in [-0.3, -0.25) is 4.79 Å². The van der Waals surface area contributed by atoms with Crippen molar-refractivity contribution in [3.8, 4) is 5.75 Å². The molecular weight excluding hydrogens is 283 g/mol. The first-order valence-corrected chi connectivity index (χ1v) is 4.47. The Morgan fingerprint density at radius 2 is 2.21 bits per heavy atom. The number of nitrogens with zero attached hydrogens (tertiary/aromatic N) is 1. The van der Waals surface area contributed by atoms with Crippen LogP contribution >= 0.6 is 27.5 Å². The Balaban J connectivity index is 3.45. The summed E-state index contributed by atoms with van der Waals surface area (Å²) in [7, 11) is 0. The number of hydrogen-bond donors (Lipinski definition) is 1. The SMILES string of the molecule is O=C(Cl)c1ncc(O)c(Br)c1C(F)F. The maximum Gasteiger partial charge on any atom is 0.271 e. The lowest BCUT2D eigenvalue weighted by Gasteiger charge is -2.07. The van der Waals surface area contributed by atoms with E-state index in [-0.39, 0.29) is 4.47 Å². The van der Waals surface area contributed by atoms with Crippen LogP contribution in [0, 0.1) is 0 Å². The summed E-state index contributed by atoms with van der Waals surface area (Å²) >= 11 is 7.76. The van der Waals surface area contributed by atoms with Crippen LogP contribution in [0.2, 0.25) is 0 Å². The third kappa shape index (κ3) is 2.01. The zero-order chi connectivity index (χ0) is 10.9. The minimum absolute atomic E-state index is 0.272. The van der Waals surface area contributed by atoms with Crippen LogP contribution in [-0.4, -0.2) is 15.3 Å². The minimum Gasteiger partial charge on any atom is -0.505 e. The van der Waals surface area contributed by atoms with Gasteiger partial charge in [-0.15, -0.1) is 0 Å². The van der Waals surface area contributed by atoms with Crippen molar-refractivity contribution in [1.29, 1.82) is 0 Å². The monoisotopic (exact) mass is 285 g/mol. The number of pyridine rings is 1. The second-order valence-electron chi connectivity index (χ2n) is 2.29. The quantitative estimate of drug-likeness (QED) is 0.851. The molecule has 1 heterocycles. The van der Waals surface area contributed by atoms with Crippen molar-refractivity contribution < 1.29 is 18.7 Å². The van der Waals surface area contributed by atoms with Crippen LogP contribution < -0.4 is 0 Å². The molecule has 0 aliphatic carbocycles. The van der Waals surface area contributed by atoms with Crippen molar-refractivity contribution in [2.24, 2.45) is 0 Å². The maximum atomic E-state index is 12.4. The lowest BCUT2D eigenvalue weighted by molar-refractivity contribution is 0.106. The summed E-state index contributed by atoms with van der Waals surface area (Å²) in [4.78, 5) is 14.0. The summed E-state index contributed by atoms with van der Waals surface area (Å²) < 4.78 is 24.6. The van der Waals surface area contributed by atoms with Crippen LogP contribution in [-0.2, 0) is 0 Å². The molecule has 0 fully saturated rings. The third-order valence-electron chi connectivity index (χ3n) is 1.44. The fourth-order valence-corrected chi connectivity index (χ4v) is 1.46. The number of rotatable bonds is 2. The van der Waals surface area contributed by atoms with Crippen molar-refractivity contribution in [1.82, 2.24) is 4.98 Å². The molecule has 0 amide bonds. The molecule has 0 saturated carbocycles. The highest BCUT2D eigenvalue weighted by Gasteiger charge is 2.23. The van der Waals surface area contributed by atoms with Crippen molar-refractivity contribution in [3.63, 3.8) is 0 Å². The number of aromatic hydroxyl groups is 1. The van der Waals surface area contributed by atoms with Gasteiger partial charge in [-0.1, -0.05) is 0 Å². The van der Waals surface area contributed by atoms with Gasteiger partial charge in [0, 0.05) is 0 Å². The molecule has 7 heteroatoms. The molecule has 1 rings (SSSR count). The first-order chi connectivity index (χ1) is 6.45. The van der Waals surface area contributed by atoms with Crippen molar-refractivity contribution in [2.45, 2.75) is 6.43 Å². The summed E-state index contributed by atoms with van der Waals surface area (Å²) in [6.45, 7) is 0. The lowest BCUT2D eigenvalue weighted by atomic mass is 10.2.